The van der Waals surface area contributed by atoms with E-state index < -0.39 is 5.97 Å². The molecular formula is C11H16N2O3. The van der Waals surface area contributed by atoms with Crippen LogP contribution in [0.25, 0.3) is 0 Å². The lowest BCUT2D eigenvalue weighted by Gasteiger charge is -2.14. The Morgan fingerprint density at radius 2 is 2.38 bits per heavy atom. The smallest absolute Gasteiger partial charge is 0.307 e. The van der Waals surface area contributed by atoms with Gasteiger partial charge in [0.1, 0.15) is 5.76 Å². The summed E-state index contributed by atoms with van der Waals surface area (Å²) in [5, 5.41) is 12.8. The number of nitrogens with zero attached hydrogens (tertiary/aromatic N) is 2. The third-order valence-corrected chi connectivity index (χ3v) is 3.18. The molecule has 1 aliphatic heterocycles. The van der Waals surface area contributed by atoms with Crippen molar-refractivity contribution in [3.63, 3.8) is 0 Å². The zero-order valence-electron chi connectivity index (χ0n) is 9.56. The highest BCUT2D eigenvalue weighted by Crippen LogP contribution is 2.21. The van der Waals surface area contributed by atoms with Crippen LogP contribution >= 0.6 is 0 Å². The Morgan fingerprint density at radius 1 is 1.62 bits per heavy atom. The summed E-state index contributed by atoms with van der Waals surface area (Å²) in [5.41, 5.74) is 1.99. The summed E-state index contributed by atoms with van der Waals surface area (Å²) in [6, 6.07) is 0. The van der Waals surface area contributed by atoms with Crippen LogP contribution in [0.4, 0.5) is 0 Å². The van der Waals surface area contributed by atoms with Gasteiger partial charge < -0.3 is 9.63 Å². The largest absolute Gasteiger partial charge is 0.481 e. The molecule has 1 saturated heterocycles. The Bertz CT molecular complexity index is 380. The Hall–Kier alpha value is -1.36. The quantitative estimate of drug-likeness (QED) is 0.835. The van der Waals surface area contributed by atoms with Crippen molar-refractivity contribution >= 4 is 5.97 Å². The van der Waals surface area contributed by atoms with Gasteiger partial charge in [-0.2, -0.15) is 0 Å². The summed E-state index contributed by atoms with van der Waals surface area (Å²) in [7, 11) is 0. The maximum Gasteiger partial charge on any atom is 0.307 e. The number of aryl methyl sites for hydroxylation is 2. The first-order valence-electron chi connectivity index (χ1n) is 5.45. The van der Waals surface area contributed by atoms with E-state index in [1.807, 2.05) is 13.8 Å². The predicted octanol–water partition coefficient (Wildman–Crippen LogP) is 1.20. The number of likely N-dealkylation sites (tertiary alicyclic amines) is 1. The maximum atomic E-state index is 10.8. The van der Waals surface area contributed by atoms with E-state index in [-0.39, 0.29) is 5.92 Å². The zero-order valence-corrected chi connectivity index (χ0v) is 9.56. The molecule has 1 aromatic heterocycles. The van der Waals surface area contributed by atoms with Crippen LogP contribution in [0, 0.1) is 19.8 Å². The summed E-state index contributed by atoms with van der Waals surface area (Å²) in [6.45, 7) is 6.00. The fraction of sp³-hybridized carbons (Fsp3) is 0.636. The van der Waals surface area contributed by atoms with Gasteiger partial charge in [-0.05, 0) is 26.8 Å². The molecule has 88 valence electrons. The van der Waals surface area contributed by atoms with Crippen LogP contribution in [-0.4, -0.2) is 34.2 Å². The highest BCUT2D eigenvalue weighted by Gasteiger charge is 2.28. The molecule has 0 amide bonds. The second kappa shape index (κ2) is 4.25. The van der Waals surface area contributed by atoms with Gasteiger partial charge in [-0.3, -0.25) is 9.69 Å². The predicted molar refractivity (Wildman–Crippen MR) is 57.0 cm³/mol. The molecule has 5 nitrogen and oxygen atoms in total. The van der Waals surface area contributed by atoms with E-state index in [4.69, 9.17) is 9.63 Å². The molecule has 0 aliphatic carbocycles. The minimum atomic E-state index is -0.693. The lowest BCUT2D eigenvalue weighted by molar-refractivity contribution is -0.141. The molecule has 2 heterocycles. The van der Waals surface area contributed by atoms with E-state index in [1.165, 1.54) is 0 Å². The Labute approximate surface area is 94.0 Å². The lowest BCUT2D eigenvalue weighted by Crippen LogP contribution is -2.23. The molecule has 0 unspecified atom stereocenters. The number of hydrogen-bond donors (Lipinski definition) is 1. The fourth-order valence-corrected chi connectivity index (χ4v) is 2.13. The molecule has 1 aliphatic rings. The van der Waals surface area contributed by atoms with Crippen molar-refractivity contribution < 1.29 is 14.4 Å². The number of carboxylic acid groups (broad SMARTS) is 1. The number of aliphatic carboxylic acids is 1. The van der Waals surface area contributed by atoms with Crippen molar-refractivity contribution in [2.24, 2.45) is 5.92 Å². The van der Waals surface area contributed by atoms with E-state index in [1.54, 1.807) is 0 Å². The summed E-state index contributed by atoms with van der Waals surface area (Å²) in [6.07, 6.45) is 0.735. The molecule has 0 saturated carbocycles. The van der Waals surface area contributed by atoms with Gasteiger partial charge in [0, 0.05) is 18.7 Å². The number of carboxylic acids is 1. The van der Waals surface area contributed by atoms with Crippen LogP contribution in [0.15, 0.2) is 4.52 Å². The molecule has 0 aromatic carbocycles. The van der Waals surface area contributed by atoms with Crippen molar-refractivity contribution in [1.82, 2.24) is 10.1 Å². The SMILES string of the molecule is Cc1noc(C)c1CN1CC[C@H](C(=O)O)C1. The fourth-order valence-electron chi connectivity index (χ4n) is 2.13. The third kappa shape index (κ3) is 2.09. The first kappa shape index (κ1) is 11.1. The van der Waals surface area contributed by atoms with Crippen molar-refractivity contribution in [3.05, 3.63) is 17.0 Å². The first-order valence-corrected chi connectivity index (χ1v) is 5.45. The molecule has 1 aromatic rings. The molecule has 5 heteroatoms. The molecule has 1 atom stereocenters. The molecular weight excluding hydrogens is 208 g/mol. The molecule has 1 fully saturated rings. The Morgan fingerprint density at radius 3 is 2.88 bits per heavy atom. The number of hydrogen-bond acceptors (Lipinski definition) is 4. The van der Waals surface area contributed by atoms with Crippen molar-refractivity contribution in [2.75, 3.05) is 13.1 Å². The second-order valence-corrected chi connectivity index (χ2v) is 4.36. The van der Waals surface area contributed by atoms with Crippen molar-refractivity contribution in [1.29, 1.82) is 0 Å². The third-order valence-electron chi connectivity index (χ3n) is 3.18. The van der Waals surface area contributed by atoms with Crippen LogP contribution in [-0.2, 0) is 11.3 Å². The van der Waals surface area contributed by atoms with E-state index >= 15 is 0 Å². The average Bonchev–Trinajstić information content (AvgIpc) is 2.80. The van der Waals surface area contributed by atoms with Gasteiger partial charge in [0.2, 0.25) is 0 Å². The first-order chi connectivity index (χ1) is 7.58. The summed E-state index contributed by atoms with van der Waals surface area (Å²) in [4.78, 5) is 13.0. The normalized spacial score (nSPS) is 21.5. The van der Waals surface area contributed by atoms with Crippen LogP contribution in [0.5, 0.6) is 0 Å². The number of carbonyl (C=O) groups is 1. The minimum absolute atomic E-state index is 0.222. The highest BCUT2D eigenvalue weighted by atomic mass is 16.5. The van der Waals surface area contributed by atoms with Gasteiger partial charge in [-0.25, -0.2) is 0 Å². The highest BCUT2D eigenvalue weighted by molar-refractivity contribution is 5.70. The second-order valence-electron chi connectivity index (χ2n) is 4.36. The molecule has 16 heavy (non-hydrogen) atoms. The van der Waals surface area contributed by atoms with Gasteiger partial charge in [-0.15, -0.1) is 0 Å². The van der Waals surface area contributed by atoms with Crippen LogP contribution in [0.2, 0.25) is 0 Å². The number of rotatable bonds is 3. The maximum absolute atomic E-state index is 10.8. The van der Waals surface area contributed by atoms with Crippen molar-refractivity contribution in [3.8, 4) is 0 Å². The van der Waals surface area contributed by atoms with E-state index in [0.717, 1.165) is 36.5 Å². The van der Waals surface area contributed by atoms with Gasteiger partial charge in [0.05, 0.1) is 11.6 Å². The summed E-state index contributed by atoms with van der Waals surface area (Å²) >= 11 is 0. The number of aromatic nitrogens is 1. The van der Waals surface area contributed by atoms with Crippen LogP contribution in [0.1, 0.15) is 23.4 Å². The van der Waals surface area contributed by atoms with E-state index in [9.17, 15) is 4.79 Å². The van der Waals surface area contributed by atoms with E-state index in [0.29, 0.717) is 6.54 Å². The Kier molecular flexibility index (Phi) is 2.96. The Balaban J connectivity index is 2.00. The summed E-state index contributed by atoms with van der Waals surface area (Å²) in [5.74, 6) is -0.0852. The van der Waals surface area contributed by atoms with Crippen LogP contribution < -0.4 is 0 Å². The van der Waals surface area contributed by atoms with Crippen LogP contribution in [0.3, 0.4) is 0 Å². The van der Waals surface area contributed by atoms with E-state index in [2.05, 4.69) is 10.1 Å². The molecule has 0 bridgehead atoms. The average molecular weight is 224 g/mol. The minimum Gasteiger partial charge on any atom is -0.481 e. The summed E-state index contributed by atoms with van der Waals surface area (Å²) < 4.78 is 5.09. The molecule has 0 radical (unpaired) electrons. The standard InChI is InChI=1S/C11H16N2O3/c1-7-10(8(2)16-12-7)6-13-4-3-9(5-13)11(14)15/h9H,3-6H2,1-2H3,(H,14,15)/t9-/m0/s1. The lowest BCUT2D eigenvalue weighted by atomic mass is 10.1. The van der Waals surface area contributed by atoms with Gasteiger partial charge in [-0.1, -0.05) is 5.16 Å². The van der Waals surface area contributed by atoms with Gasteiger partial charge in [0.15, 0.2) is 0 Å². The molecule has 1 N–H and O–H groups in total. The molecule has 2 rings (SSSR count). The van der Waals surface area contributed by atoms with Crippen molar-refractivity contribution in [2.45, 2.75) is 26.8 Å². The zero-order chi connectivity index (χ0) is 11.7. The topological polar surface area (TPSA) is 66.6 Å². The monoisotopic (exact) mass is 224 g/mol. The van der Waals surface area contributed by atoms with Gasteiger partial charge >= 0.3 is 5.97 Å². The molecule has 0 spiro atoms. The van der Waals surface area contributed by atoms with Gasteiger partial charge in [0.25, 0.3) is 0 Å².